The topological polar surface area (TPSA) is 38.0 Å². The summed E-state index contributed by atoms with van der Waals surface area (Å²) in [5.74, 6) is 5.40. The summed E-state index contributed by atoms with van der Waals surface area (Å²) in [4.78, 5) is 0. The van der Waals surface area contributed by atoms with Crippen LogP contribution in [0.1, 0.15) is 22.7 Å². The smallest absolute Gasteiger partial charge is 0.126 e. The van der Waals surface area contributed by atoms with Gasteiger partial charge in [0.1, 0.15) is 5.82 Å². The fourth-order valence-electron chi connectivity index (χ4n) is 1.98. The SMILES string of the molecule is Cc1ccc(C(Cc2ccccc2F)NN)cc1Br. The molecule has 1 atom stereocenters. The van der Waals surface area contributed by atoms with Gasteiger partial charge in [0.05, 0.1) is 6.04 Å². The first-order valence-electron chi connectivity index (χ1n) is 6.07. The number of nitrogens with one attached hydrogen (secondary N) is 1. The Kier molecular flexibility index (Phi) is 4.69. The fourth-order valence-corrected chi connectivity index (χ4v) is 2.38. The molecule has 0 radical (unpaired) electrons. The predicted molar refractivity (Wildman–Crippen MR) is 79.0 cm³/mol. The molecular weight excluding hydrogens is 307 g/mol. The molecule has 2 aromatic rings. The quantitative estimate of drug-likeness (QED) is 0.666. The highest BCUT2D eigenvalue weighted by Crippen LogP contribution is 2.24. The molecule has 0 aliphatic carbocycles. The van der Waals surface area contributed by atoms with Crippen LogP contribution in [0.5, 0.6) is 0 Å². The van der Waals surface area contributed by atoms with Crippen LogP contribution in [0.15, 0.2) is 46.9 Å². The maximum absolute atomic E-state index is 13.7. The highest BCUT2D eigenvalue weighted by Gasteiger charge is 2.13. The Balaban J connectivity index is 2.25. The first kappa shape index (κ1) is 14.2. The standard InChI is InChI=1S/C15H16BrFN2/c1-10-6-7-12(8-13(10)16)15(19-18)9-11-4-2-3-5-14(11)17/h2-8,15,19H,9,18H2,1H3. The van der Waals surface area contributed by atoms with Crippen LogP contribution >= 0.6 is 15.9 Å². The molecule has 0 spiro atoms. The lowest BCUT2D eigenvalue weighted by atomic mass is 9.98. The lowest BCUT2D eigenvalue weighted by molar-refractivity contribution is 0.529. The normalized spacial score (nSPS) is 12.4. The van der Waals surface area contributed by atoms with E-state index in [0.29, 0.717) is 12.0 Å². The van der Waals surface area contributed by atoms with Gasteiger partial charge >= 0.3 is 0 Å². The number of hydrogen-bond acceptors (Lipinski definition) is 2. The van der Waals surface area contributed by atoms with Crippen LogP contribution in [0.3, 0.4) is 0 Å². The van der Waals surface area contributed by atoms with E-state index in [9.17, 15) is 4.39 Å². The van der Waals surface area contributed by atoms with Gasteiger partial charge in [0.15, 0.2) is 0 Å². The summed E-state index contributed by atoms with van der Waals surface area (Å²) in [6, 6.07) is 12.7. The van der Waals surface area contributed by atoms with Crippen molar-refractivity contribution in [3.05, 3.63) is 69.4 Å². The Morgan fingerprint density at radius 2 is 2.00 bits per heavy atom. The molecule has 0 fully saturated rings. The molecule has 0 saturated heterocycles. The van der Waals surface area contributed by atoms with Gasteiger partial charge in [-0.1, -0.05) is 46.3 Å². The number of nitrogens with two attached hydrogens (primary N) is 1. The van der Waals surface area contributed by atoms with Gasteiger partial charge in [0.25, 0.3) is 0 Å². The Labute approximate surface area is 120 Å². The van der Waals surface area contributed by atoms with Gasteiger partial charge in [0.2, 0.25) is 0 Å². The number of rotatable bonds is 4. The Bertz CT molecular complexity index is 572. The zero-order valence-electron chi connectivity index (χ0n) is 10.7. The first-order chi connectivity index (χ1) is 9.11. The summed E-state index contributed by atoms with van der Waals surface area (Å²) in [7, 11) is 0. The average molecular weight is 323 g/mol. The molecule has 0 aliphatic heterocycles. The summed E-state index contributed by atoms with van der Waals surface area (Å²) in [5, 5.41) is 0. The van der Waals surface area contributed by atoms with Gasteiger partial charge in [-0.2, -0.15) is 0 Å². The number of hydrogen-bond donors (Lipinski definition) is 2. The van der Waals surface area contributed by atoms with Crippen LogP contribution in [-0.2, 0) is 6.42 Å². The van der Waals surface area contributed by atoms with Crippen molar-refractivity contribution < 1.29 is 4.39 Å². The molecule has 2 aromatic carbocycles. The van der Waals surface area contributed by atoms with Crippen molar-refractivity contribution in [1.82, 2.24) is 5.43 Å². The minimum absolute atomic E-state index is 0.117. The maximum atomic E-state index is 13.7. The van der Waals surface area contributed by atoms with Crippen molar-refractivity contribution in [2.75, 3.05) is 0 Å². The van der Waals surface area contributed by atoms with E-state index in [-0.39, 0.29) is 11.9 Å². The lowest BCUT2D eigenvalue weighted by Gasteiger charge is -2.17. The van der Waals surface area contributed by atoms with Crippen molar-refractivity contribution in [2.45, 2.75) is 19.4 Å². The summed E-state index contributed by atoms with van der Waals surface area (Å²) >= 11 is 3.50. The molecule has 0 amide bonds. The van der Waals surface area contributed by atoms with E-state index in [0.717, 1.165) is 15.6 Å². The Morgan fingerprint density at radius 3 is 2.63 bits per heavy atom. The Hall–Kier alpha value is -1.23. The summed E-state index contributed by atoms with van der Waals surface area (Å²) < 4.78 is 14.7. The predicted octanol–water partition coefficient (Wildman–Crippen LogP) is 3.64. The highest BCUT2D eigenvalue weighted by atomic mass is 79.9. The monoisotopic (exact) mass is 322 g/mol. The van der Waals surface area contributed by atoms with E-state index in [2.05, 4.69) is 21.4 Å². The van der Waals surface area contributed by atoms with E-state index in [1.54, 1.807) is 12.1 Å². The average Bonchev–Trinajstić information content (AvgIpc) is 2.41. The number of halogens is 2. The second-order valence-corrected chi connectivity index (χ2v) is 5.38. The van der Waals surface area contributed by atoms with Crippen molar-refractivity contribution in [2.24, 2.45) is 5.84 Å². The molecule has 0 aromatic heterocycles. The van der Waals surface area contributed by atoms with Crippen LogP contribution < -0.4 is 11.3 Å². The van der Waals surface area contributed by atoms with E-state index < -0.39 is 0 Å². The second kappa shape index (κ2) is 6.28. The van der Waals surface area contributed by atoms with Gasteiger partial charge in [0, 0.05) is 4.47 Å². The third-order valence-electron chi connectivity index (χ3n) is 3.18. The van der Waals surface area contributed by atoms with Crippen LogP contribution in [0.25, 0.3) is 0 Å². The first-order valence-corrected chi connectivity index (χ1v) is 6.86. The van der Waals surface area contributed by atoms with Crippen LogP contribution in [0.4, 0.5) is 4.39 Å². The van der Waals surface area contributed by atoms with Crippen LogP contribution in [0.2, 0.25) is 0 Å². The lowest BCUT2D eigenvalue weighted by Crippen LogP contribution is -2.29. The highest BCUT2D eigenvalue weighted by molar-refractivity contribution is 9.10. The van der Waals surface area contributed by atoms with Crippen LogP contribution in [0, 0.1) is 12.7 Å². The molecule has 100 valence electrons. The molecule has 0 saturated carbocycles. The van der Waals surface area contributed by atoms with Crippen molar-refractivity contribution in [3.63, 3.8) is 0 Å². The molecule has 3 N–H and O–H groups in total. The molecule has 4 heteroatoms. The van der Waals surface area contributed by atoms with Gasteiger partial charge in [-0.25, -0.2) is 4.39 Å². The molecule has 2 rings (SSSR count). The van der Waals surface area contributed by atoms with Gasteiger partial charge < -0.3 is 0 Å². The van der Waals surface area contributed by atoms with E-state index in [1.807, 2.05) is 31.2 Å². The number of benzene rings is 2. The Morgan fingerprint density at radius 1 is 1.26 bits per heavy atom. The molecule has 19 heavy (non-hydrogen) atoms. The molecule has 0 aliphatic rings. The number of aryl methyl sites for hydroxylation is 1. The van der Waals surface area contributed by atoms with Gasteiger partial charge in [-0.3, -0.25) is 11.3 Å². The summed E-state index contributed by atoms with van der Waals surface area (Å²) in [5.41, 5.74) is 5.60. The second-order valence-electron chi connectivity index (χ2n) is 4.52. The minimum Gasteiger partial charge on any atom is -0.271 e. The maximum Gasteiger partial charge on any atom is 0.126 e. The van der Waals surface area contributed by atoms with E-state index in [1.165, 1.54) is 6.07 Å². The fraction of sp³-hybridized carbons (Fsp3) is 0.200. The zero-order chi connectivity index (χ0) is 13.8. The summed E-state index contributed by atoms with van der Waals surface area (Å²) in [6.07, 6.45) is 0.513. The van der Waals surface area contributed by atoms with Crippen molar-refractivity contribution in [3.8, 4) is 0 Å². The van der Waals surface area contributed by atoms with E-state index in [4.69, 9.17) is 5.84 Å². The van der Waals surface area contributed by atoms with Crippen molar-refractivity contribution >= 4 is 15.9 Å². The molecule has 0 heterocycles. The minimum atomic E-state index is -0.200. The van der Waals surface area contributed by atoms with Gasteiger partial charge in [-0.15, -0.1) is 0 Å². The molecule has 2 nitrogen and oxygen atoms in total. The van der Waals surface area contributed by atoms with Crippen molar-refractivity contribution in [1.29, 1.82) is 0 Å². The molecule has 0 bridgehead atoms. The molecular formula is C15H16BrFN2. The largest absolute Gasteiger partial charge is 0.271 e. The third-order valence-corrected chi connectivity index (χ3v) is 4.04. The zero-order valence-corrected chi connectivity index (χ0v) is 12.2. The van der Waals surface area contributed by atoms with Gasteiger partial charge in [-0.05, 0) is 42.2 Å². The third kappa shape index (κ3) is 3.41. The molecule has 1 unspecified atom stereocenters. The van der Waals surface area contributed by atoms with Crippen LogP contribution in [-0.4, -0.2) is 0 Å². The number of hydrazine groups is 1. The summed E-state index contributed by atoms with van der Waals surface area (Å²) in [6.45, 7) is 2.02. The van der Waals surface area contributed by atoms with E-state index >= 15 is 0 Å².